The minimum absolute atomic E-state index is 0.186. The zero-order chi connectivity index (χ0) is 19.3. The number of sulfonamides is 1. The average molecular weight is 390 g/mol. The van der Waals surface area contributed by atoms with Gasteiger partial charge in [-0.1, -0.05) is 30.3 Å². The number of piperidine rings is 1. The fraction of sp³-hybridized carbons (Fsp3) is 0.350. The molecule has 144 valence electrons. The van der Waals surface area contributed by atoms with E-state index in [0.717, 1.165) is 12.8 Å². The lowest BCUT2D eigenvalue weighted by molar-refractivity contribution is -0.116. The minimum Gasteiger partial charge on any atom is -0.324 e. The van der Waals surface area contributed by atoms with Gasteiger partial charge in [0.1, 0.15) is 5.82 Å². The van der Waals surface area contributed by atoms with Crippen molar-refractivity contribution in [3.8, 4) is 0 Å². The largest absolute Gasteiger partial charge is 0.324 e. The van der Waals surface area contributed by atoms with Crippen molar-refractivity contribution in [3.63, 3.8) is 0 Å². The van der Waals surface area contributed by atoms with Gasteiger partial charge in [0.15, 0.2) is 0 Å². The first-order valence-corrected chi connectivity index (χ1v) is 10.5. The maximum absolute atomic E-state index is 13.6. The number of nitrogens with zero attached hydrogens (tertiary/aromatic N) is 1. The van der Waals surface area contributed by atoms with E-state index in [4.69, 9.17) is 0 Å². The standard InChI is InChI=1S/C20H23FN2O3S/c21-18-8-4-5-9-19(18)22-20(24)11-10-16-12-14-23(15-13-16)27(25,26)17-6-2-1-3-7-17/h1-9,16H,10-15H2,(H,22,24). The lowest BCUT2D eigenvalue weighted by Crippen LogP contribution is -2.38. The molecule has 0 radical (unpaired) electrons. The molecule has 0 unspecified atom stereocenters. The monoisotopic (exact) mass is 390 g/mol. The van der Waals surface area contributed by atoms with Crippen LogP contribution >= 0.6 is 0 Å². The Kier molecular flexibility index (Phi) is 6.23. The van der Waals surface area contributed by atoms with E-state index in [0.29, 0.717) is 36.7 Å². The van der Waals surface area contributed by atoms with Gasteiger partial charge in [-0.2, -0.15) is 4.31 Å². The first-order chi connectivity index (χ1) is 13.0. The molecule has 3 rings (SSSR count). The summed E-state index contributed by atoms with van der Waals surface area (Å²) in [5.41, 5.74) is 0.186. The summed E-state index contributed by atoms with van der Waals surface area (Å²) in [6, 6.07) is 14.5. The molecule has 0 saturated carbocycles. The van der Waals surface area contributed by atoms with Crippen LogP contribution in [0.5, 0.6) is 0 Å². The van der Waals surface area contributed by atoms with Crippen molar-refractivity contribution < 1.29 is 17.6 Å². The molecule has 27 heavy (non-hydrogen) atoms. The third-order valence-corrected chi connectivity index (χ3v) is 6.79. The van der Waals surface area contributed by atoms with Crippen molar-refractivity contribution in [3.05, 3.63) is 60.4 Å². The number of hydrogen-bond donors (Lipinski definition) is 1. The van der Waals surface area contributed by atoms with Crippen LogP contribution in [0.4, 0.5) is 10.1 Å². The molecule has 2 aromatic rings. The lowest BCUT2D eigenvalue weighted by atomic mass is 9.93. The molecule has 1 aliphatic heterocycles. The molecule has 1 amide bonds. The summed E-state index contributed by atoms with van der Waals surface area (Å²) in [4.78, 5) is 12.3. The quantitative estimate of drug-likeness (QED) is 0.819. The number of amides is 1. The molecule has 1 saturated heterocycles. The molecular formula is C20H23FN2O3S. The van der Waals surface area contributed by atoms with Crippen LogP contribution in [0.2, 0.25) is 0 Å². The van der Waals surface area contributed by atoms with Crippen LogP contribution in [0.1, 0.15) is 25.7 Å². The Bertz CT molecular complexity index is 879. The molecule has 1 heterocycles. The first kappa shape index (κ1) is 19.5. The summed E-state index contributed by atoms with van der Waals surface area (Å²) in [6.45, 7) is 0.910. The summed E-state index contributed by atoms with van der Waals surface area (Å²) in [6.07, 6.45) is 2.40. The second-order valence-electron chi connectivity index (χ2n) is 6.73. The molecular weight excluding hydrogens is 367 g/mol. The van der Waals surface area contributed by atoms with E-state index in [-0.39, 0.29) is 11.6 Å². The van der Waals surface area contributed by atoms with Crippen molar-refractivity contribution in [2.24, 2.45) is 5.92 Å². The Labute approximate surface area is 159 Å². The SMILES string of the molecule is O=C(CCC1CCN(S(=O)(=O)c2ccccc2)CC1)Nc1ccccc1F. The Morgan fingerprint density at radius 2 is 1.67 bits per heavy atom. The molecule has 1 N–H and O–H groups in total. The van der Waals surface area contributed by atoms with Gasteiger partial charge in [-0.25, -0.2) is 12.8 Å². The Hall–Kier alpha value is -2.25. The van der Waals surface area contributed by atoms with E-state index < -0.39 is 15.8 Å². The van der Waals surface area contributed by atoms with Crippen LogP contribution in [-0.2, 0) is 14.8 Å². The summed E-state index contributed by atoms with van der Waals surface area (Å²) in [5.74, 6) is -0.386. The van der Waals surface area contributed by atoms with Crippen molar-refractivity contribution in [1.29, 1.82) is 0 Å². The number of benzene rings is 2. The number of carbonyl (C=O) groups excluding carboxylic acids is 1. The van der Waals surface area contributed by atoms with Gasteiger partial charge in [0.05, 0.1) is 10.6 Å². The molecule has 0 aliphatic carbocycles. The Morgan fingerprint density at radius 3 is 2.33 bits per heavy atom. The average Bonchev–Trinajstić information content (AvgIpc) is 2.69. The molecule has 1 aliphatic rings. The highest BCUT2D eigenvalue weighted by Crippen LogP contribution is 2.26. The van der Waals surface area contributed by atoms with Crippen LogP contribution in [0.3, 0.4) is 0 Å². The minimum atomic E-state index is -3.45. The predicted octanol–water partition coefficient (Wildman–Crippen LogP) is 3.65. The second kappa shape index (κ2) is 8.63. The molecule has 7 heteroatoms. The van der Waals surface area contributed by atoms with Gasteiger partial charge in [-0.15, -0.1) is 0 Å². The predicted molar refractivity (Wildman–Crippen MR) is 102 cm³/mol. The number of para-hydroxylation sites is 1. The van der Waals surface area contributed by atoms with Crippen LogP contribution < -0.4 is 5.32 Å². The van der Waals surface area contributed by atoms with Crippen molar-refractivity contribution in [2.45, 2.75) is 30.6 Å². The maximum Gasteiger partial charge on any atom is 0.243 e. The van der Waals surface area contributed by atoms with Crippen LogP contribution in [0, 0.1) is 11.7 Å². The van der Waals surface area contributed by atoms with E-state index in [1.807, 2.05) is 0 Å². The number of anilines is 1. The van der Waals surface area contributed by atoms with Crippen LogP contribution in [-0.4, -0.2) is 31.7 Å². The van der Waals surface area contributed by atoms with Gasteiger partial charge in [0.2, 0.25) is 15.9 Å². The van der Waals surface area contributed by atoms with E-state index in [9.17, 15) is 17.6 Å². The molecule has 0 spiro atoms. The van der Waals surface area contributed by atoms with Gasteiger partial charge in [-0.05, 0) is 49.4 Å². The van der Waals surface area contributed by atoms with Gasteiger partial charge in [0.25, 0.3) is 0 Å². The highest BCUT2D eigenvalue weighted by atomic mass is 32.2. The number of hydrogen-bond acceptors (Lipinski definition) is 3. The second-order valence-corrected chi connectivity index (χ2v) is 8.67. The number of halogens is 1. The van der Waals surface area contributed by atoms with E-state index in [1.165, 1.54) is 16.4 Å². The molecule has 0 aromatic heterocycles. The van der Waals surface area contributed by atoms with Crippen molar-refractivity contribution in [1.82, 2.24) is 4.31 Å². The van der Waals surface area contributed by atoms with Crippen LogP contribution in [0.15, 0.2) is 59.5 Å². The zero-order valence-electron chi connectivity index (χ0n) is 15.0. The van der Waals surface area contributed by atoms with Gasteiger partial charge in [0, 0.05) is 19.5 Å². The third-order valence-electron chi connectivity index (χ3n) is 4.88. The molecule has 0 atom stereocenters. The third kappa shape index (κ3) is 4.93. The smallest absolute Gasteiger partial charge is 0.243 e. The van der Waals surface area contributed by atoms with E-state index in [2.05, 4.69) is 5.32 Å². The number of rotatable bonds is 6. The lowest BCUT2D eigenvalue weighted by Gasteiger charge is -2.31. The van der Waals surface area contributed by atoms with E-state index in [1.54, 1.807) is 42.5 Å². The molecule has 5 nitrogen and oxygen atoms in total. The topological polar surface area (TPSA) is 66.5 Å². The molecule has 1 fully saturated rings. The fourth-order valence-electron chi connectivity index (χ4n) is 3.29. The number of carbonyl (C=O) groups is 1. The van der Waals surface area contributed by atoms with Crippen LogP contribution in [0.25, 0.3) is 0 Å². The normalized spacial score (nSPS) is 16.2. The van der Waals surface area contributed by atoms with Gasteiger partial charge < -0.3 is 5.32 Å². The summed E-state index contributed by atoms with van der Waals surface area (Å²) in [7, 11) is -3.45. The zero-order valence-corrected chi connectivity index (χ0v) is 15.8. The number of nitrogens with one attached hydrogen (secondary N) is 1. The van der Waals surface area contributed by atoms with Crippen molar-refractivity contribution in [2.75, 3.05) is 18.4 Å². The van der Waals surface area contributed by atoms with Gasteiger partial charge >= 0.3 is 0 Å². The molecule has 0 bridgehead atoms. The summed E-state index contributed by atoms with van der Waals surface area (Å²) < 4.78 is 40.3. The fourth-order valence-corrected chi connectivity index (χ4v) is 4.78. The van der Waals surface area contributed by atoms with E-state index >= 15 is 0 Å². The first-order valence-electron chi connectivity index (χ1n) is 9.06. The summed E-state index contributed by atoms with van der Waals surface area (Å²) >= 11 is 0. The Morgan fingerprint density at radius 1 is 1.04 bits per heavy atom. The highest BCUT2D eigenvalue weighted by Gasteiger charge is 2.29. The maximum atomic E-state index is 13.6. The van der Waals surface area contributed by atoms with Gasteiger partial charge in [-0.3, -0.25) is 4.79 Å². The highest BCUT2D eigenvalue weighted by molar-refractivity contribution is 7.89. The van der Waals surface area contributed by atoms with Crippen molar-refractivity contribution >= 4 is 21.6 Å². The Balaban J connectivity index is 1.47. The summed E-state index contributed by atoms with van der Waals surface area (Å²) in [5, 5.41) is 2.58. The molecule has 2 aromatic carbocycles.